The number of hydrogen-bond acceptors (Lipinski definition) is 4. The van der Waals surface area contributed by atoms with Crippen LogP contribution in [0.2, 0.25) is 5.02 Å². The van der Waals surface area contributed by atoms with E-state index in [1.165, 1.54) is 6.07 Å². The molecular formula is C14H24ClN3O2S. The van der Waals surface area contributed by atoms with E-state index in [2.05, 4.69) is 9.62 Å². The normalized spacial score (nSPS) is 12.1. The molecule has 0 aromatic heterocycles. The Bertz CT molecular complexity index is 572. The summed E-state index contributed by atoms with van der Waals surface area (Å²) in [7, 11) is -3.57. The van der Waals surface area contributed by atoms with Crippen molar-refractivity contribution in [3.05, 3.63) is 28.3 Å². The summed E-state index contributed by atoms with van der Waals surface area (Å²) >= 11 is 5.98. The summed E-state index contributed by atoms with van der Waals surface area (Å²) in [5, 5.41) is 0.380. The van der Waals surface area contributed by atoms with Gasteiger partial charge in [-0.2, -0.15) is 0 Å². The number of sulfonamides is 1. The van der Waals surface area contributed by atoms with E-state index in [-0.39, 0.29) is 11.4 Å². The molecule has 1 aromatic carbocycles. The van der Waals surface area contributed by atoms with E-state index < -0.39 is 10.0 Å². The van der Waals surface area contributed by atoms with Crippen LogP contribution < -0.4 is 10.5 Å². The van der Waals surface area contributed by atoms with Gasteiger partial charge in [0.25, 0.3) is 0 Å². The van der Waals surface area contributed by atoms with Gasteiger partial charge in [-0.05, 0) is 43.3 Å². The number of nitrogens with zero attached hydrogens (tertiary/aromatic N) is 1. The standard InChI is InChI=1S/C14H24ClN3O2S/c1-4-18(5-2)7-6-17-21(19,20)14-9-13(15)8-12(10-16)11(14)3/h8-9,17H,4-7,10,16H2,1-3H3. The molecule has 5 nitrogen and oxygen atoms in total. The fourth-order valence-corrected chi connectivity index (χ4v) is 3.79. The second-order valence-corrected chi connectivity index (χ2v) is 6.99. The molecule has 1 rings (SSSR count). The summed E-state index contributed by atoms with van der Waals surface area (Å²) in [5.41, 5.74) is 7.02. The lowest BCUT2D eigenvalue weighted by atomic mass is 10.1. The second-order valence-electron chi connectivity index (χ2n) is 4.82. The third-order valence-corrected chi connectivity index (χ3v) is 5.36. The molecule has 0 radical (unpaired) electrons. The first kappa shape index (κ1) is 18.4. The summed E-state index contributed by atoms with van der Waals surface area (Å²) in [4.78, 5) is 2.36. The Morgan fingerprint density at radius 1 is 1.29 bits per heavy atom. The molecule has 7 heteroatoms. The first-order valence-electron chi connectivity index (χ1n) is 7.06. The van der Waals surface area contributed by atoms with Crippen LogP contribution in [-0.2, 0) is 16.6 Å². The summed E-state index contributed by atoms with van der Waals surface area (Å²) < 4.78 is 27.4. The zero-order chi connectivity index (χ0) is 16.0. The quantitative estimate of drug-likeness (QED) is 0.759. The lowest BCUT2D eigenvalue weighted by molar-refractivity contribution is 0.309. The second kappa shape index (κ2) is 8.10. The van der Waals surface area contributed by atoms with Gasteiger partial charge in [0, 0.05) is 24.7 Å². The van der Waals surface area contributed by atoms with Gasteiger partial charge in [0.2, 0.25) is 10.0 Å². The Balaban J connectivity index is 2.91. The Labute approximate surface area is 132 Å². The minimum atomic E-state index is -3.57. The molecule has 0 amide bonds. The monoisotopic (exact) mass is 333 g/mol. The number of rotatable bonds is 8. The third-order valence-electron chi connectivity index (χ3n) is 3.56. The highest BCUT2D eigenvalue weighted by Crippen LogP contribution is 2.24. The molecule has 0 saturated carbocycles. The lowest BCUT2D eigenvalue weighted by Gasteiger charge is -2.18. The van der Waals surface area contributed by atoms with E-state index in [1.807, 2.05) is 13.8 Å². The maximum absolute atomic E-state index is 12.4. The van der Waals surface area contributed by atoms with E-state index >= 15 is 0 Å². The van der Waals surface area contributed by atoms with Crippen LogP contribution in [0.3, 0.4) is 0 Å². The molecule has 0 saturated heterocycles. The third kappa shape index (κ3) is 4.93. The van der Waals surface area contributed by atoms with Crippen molar-refractivity contribution in [2.45, 2.75) is 32.2 Å². The highest BCUT2D eigenvalue weighted by atomic mass is 35.5. The van der Waals surface area contributed by atoms with E-state index in [0.717, 1.165) is 18.7 Å². The zero-order valence-corrected chi connectivity index (χ0v) is 14.4. The zero-order valence-electron chi connectivity index (χ0n) is 12.8. The molecule has 0 aliphatic rings. The van der Waals surface area contributed by atoms with E-state index in [4.69, 9.17) is 17.3 Å². The van der Waals surface area contributed by atoms with Gasteiger partial charge >= 0.3 is 0 Å². The molecule has 0 unspecified atom stereocenters. The number of hydrogen-bond donors (Lipinski definition) is 2. The molecule has 3 N–H and O–H groups in total. The Morgan fingerprint density at radius 3 is 2.43 bits per heavy atom. The first-order valence-corrected chi connectivity index (χ1v) is 8.92. The number of halogens is 1. The van der Waals surface area contributed by atoms with Crippen LogP contribution in [0.4, 0.5) is 0 Å². The molecule has 0 atom stereocenters. The van der Waals surface area contributed by atoms with E-state index in [0.29, 0.717) is 23.7 Å². The van der Waals surface area contributed by atoms with Crippen molar-refractivity contribution in [2.24, 2.45) is 5.73 Å². The smallest absolute Gasteiger partial charge is 0.240 e. The average Bonchev–Trinajstić information content (AvgIpc) is 2.45. The van der Waals surface area contributed by atoms with Crippen molar-refractivity contribution >= 4 is 21.6 Å². The first-order chi connectivity index (χ1) is 9.85. The van der Waals surface area contributed by atoms with Crippen LogP contribution in [0.5, 0.6) is 0 Å². The van der Waals surface area contributed by atoms with Gasteiger partial charge in [-0.3, -0.25) is 0 Å². The largest absolute Gasteiger partial charge is 0.326 e. The predicted octanol–water partition coefficient (Wildman–Crippen LogP) is 1.73. The lowest BCUT2D eigenvalue weighted by Crippen LogP contribution is -2.35. The van der Waals surface area contributed by atoms with Crippen LogP contribution in [0.1, 0.15) is 25.0 Å². The van der Waals surface area contributed by atoms with Crippen molar-refractivity contribution in [3.63, 3.8) is 0 Å². The number of likely N-dealkylation sites (N-methyl/N-ethyl adjacent to an activating group) is 1. The van der Waals surface area contributed by atoms with Gasteiger partial charge in [-0.25, -0.2) is 13.1 Å². The van der Waals surface area contributed by atoms with Gasteiger partial charge in [0.15, 0.2) is 0 Å². The minimum absolute atomic E-state index is 0.204. The summed E-state index contributed by atoms with van der Waals surface area (Å²) in [6.45, 7) is 8.94. The molecular weight excluding hydrogens is 310 g/mol. The summed E-state index contributed by atoms with van der Waals surface area (Å²) in [5.74, 6) is 0. The molecule has 0 spiro atoms. The van der Waals surface area contributed by atoms with Crippen molar-refractivity contribution in [3.8, 4) is 0 Å². The molecule has 21 heavy (non-hydrogen) atoms. The van der Waals surface area contributed by atoms with Crippen molar-refractivity contribution in [1.82, 2.24) is 9.62 Å². The van der Waals surface area contributed by atoms with Crippen LogP contribution in [0, 0.1) is 6.92 Å². The SMILES string of the molecule is CCN(CC)CCNS(=O)(=O)c1cc(Cl)cc(CN)c1C. The molecule has 0 aliphatic carbocycles. The summed E-state index contributed by atoms with van der Waals surface area (Å²) in [6, 6.07) is 3.17. The fraction of sp³-hybridized carbons (Fsp3) is 0.571. The predicted molar refractivity (Wildman–Crippen MR) is 87.1 cm³/mol. The number of benzene rings is 1. The fourth-order valence-electron chi connectivity index (χ4n) is 2.15. The Morgan fingerprint density at radius 2 is 1.90 bits per heavy atom. The summed E-state index contributed by atoms with van der Waals surface area (Å²) in [6.07, 6.45) is 0. The maximum atomic E-state index is 12.4. The van der Waals surface area contributed by atoms with Crippen LogP contribution in [-0.4, -0.2) is 39.5 Å². The van der Waals surface area contributed by atoms with Crippen LogP contribution >= 0.6 is 11.6 Å². The van der Waals surface area contributed by atoms with Crippen molar-refractivity contribution in [2.75, 3.05) is 26.2 Å². The Kier molecular flexibility index (Phi) is 7.09. The highest BCUT2D eigenvalue weighted by Gasteiger charge is 2.19. The van der Waals surface area contributed by atoms with Gasteiger partial charge in [0.05, 0.1) is 4.90 Å². The van der Waals surface area contributed by atoms with Crippen molar-refractivity contribution in [1.29, 1.82) is 0 Å². The number of nitrogens with two attached hydrogens (primary N) is 1. The highest BCUT2D eigenvalue weighted by molar-refractivity contribution is 7.89. The maximum Gasteiger partial charge on any atom is 0.240 e. The average molecular weight is 334 g/mol. The molecule has 1 aromatic rings. The molecule has 0 fully saturated rings. The molecule has 120 valence electrons. The van der Waals surface area contributed by atoms with Crippen LogP contribution in [0.25, 0.3) is 0 Å². The van der Waals surface area contributed by atoms with Crippen molar-refractivity contribution < 1.29 is 8.42 Å². The van der Waals surface area contributed by atoms with Gasteiger partial charge in [-0.1, -0.05) is 25.4 Å². The Hall–Kier alpha value is -0.660. The van der Waals surface area contributed by atoms with E-state index in [9.17, 15) is 8.42 Å². The van der Waals surface area contributed by atoms with Gasteiger partial charge in [-0.15, -0.1) is 0 Å². The molecule has 0 aliphatic heterocycles. The topological polar surface area (TPSA) is 75.4 Å². The molecule has 0 bridgehead atoms. The minimum Gasteiger partial charge on any atom is -0.326 e. The molecule has 0 heterocycles. The van der Waals surface area contributed by atoms with Gasteiger partial charge in [0.1, 0.15) is 0 Å². The van der Waals surface area contributed by atoms with E-state index in [1.54, 1.807) is 13.0 Å². The van der Waals surface area contributed by atoms with Crippen LogP contribution in [0.15, 0.2) is 17.0 Å². The number of nitrogens with one attached hydrogen (secondary N) is 1. The van der Waals surface area contributed by atoms with Gasteiger partial charge < -0.3 is 10.6 Å².